The Balaban J connectivity index is 1.34. The number of carbonyl (C=O) groups is 1. The Hall–Kier alpha value is -2.77. The third-order valence-electron chi connectivity index (χ3n) is 9.18. The highest BCUT2D eigenvalue weighted by Crippen LogP contribution is 2.61. The molecular formula is C32H43N3O4. The summed E-state index contributed by atoms with van der Waals surface area (Å²) in [5.74, 6) is 4.03. The van der Waals surface area contributed by atoms with Crippen molar-refractivity contribution in [2.45, 2.75) is 71.0 Å². The molecule has 2 saturated carbocycles. The van der Waals surface area contributed by atoms with Crippen LogP contribution in [0.2, 0.25) is 0 Å². The summed E-state index contributed by atoms with van der Waals surface area (Å²) in [6.45, 7) is 14.0. The van der Waals surface area contributed by atoms with Crippen molar-refractivity contribution in [3.63, 3.8) is 0 Å². The van der Waals surface area contributed by atoms with Gasteiger partial charge in [0, 0.05) is 29.8 Å². The number of fused-ring (bicyclic) bond motifs is 3. The average Bonchev–Trinajstić information content (AvgIpc) is 3.81. The van der Waals surface area contributed by atoms with Crippen molar-refractivity contribution in [1.82, 2.24) is 4.90 Å². The van der Waals surface area contributed by atoms with Crippen molar-refractivity contribution in [3.8, 4) is 17.2 Å². The number of methoxy groups -OCH3 is 1. The van der Waals surface area contributed by atoms with Gasteiger partial charge in [-0.2, -0.15) is 0 Å². The van der Waals surface area contributed by atoms with Gasteiger partial charge in [0.25, 0.3) is 0 Å². The first-order chi connectivity index (χ1) is 18.6. The van der Waals surface area contributed by atoms with E-state index in [9.17, 15) is 4.79 Å². The lowest BCUT2D eigenvalue weighted by Crippen LogP contribution is -2.39. The maximum absolute atomic E-state index is 14.1. The fourth-order valence-corrected chi connectivity index (χ4v) is 6.90. The quantitative estimate of drug-likeness (QED) is 0.433. The molecule has 3 unspecified atom stereocenters. The number of nitrogens with zero attached hydrogens (tertiary/aromatic N) is 2. The number of hydrogen-bond acceptors (Lipinski definition) is 7. The van der Waals surface area contributed by atoms with Gasteiger partial charge in [-0.3, -0.25) is 9.69 Å². The first kappa shape index (κ1) is 26.5. The largest absolute Gasteiger partial charge is 0.494 e. The molecule has 2 aliphatic carbocycles. The van der Waals surface area contributed by atoms with Crippen LogP contribution in [0.1, 0.15) is 87.1 Å². The van der Waals surface area contributed by atoms with E-state index in [4.69, 9.17) is 19.9 Å². The number of ketones is 1. The summed E-state index contributed by atoms with van der Waals surface area (Å²) >= 11 is 0. The van der Waals surface area contributed by atoms with Gasteiger partial charge in [-0.1, -0.05) is 20.8 Å². The van der Waals surface area contributed by atoms with E-state index >= 15 is 0 Å². The van der Waals surface area contributed by atoms with Crippen LogP contribution in [-0.2, 0) is 11.0 Å². The summed E-state index contributed by atoms with van der Waals surface area (Å²) in [4.78, 5) is 18.7. The van der Waals surface area contributed by atoms with Gasteiger partial charge in [0.1, 0.15) is 5.75 Å². The minimum Gasteiger partial charge on any atom is -0.494 e. The van der Waals surface area contributed by atoms with Gasteiger partial charge in [0.15, 0.2) is 17.3 Å². The SMILES string of the molecule is CCOc1cc2c(cc1OCC)C1(CC1)N(CC(=O)c1cc(N3CC4CC4C3)c(OC)c(C(C)(C)C)c1)C2N. The van der Waals surface area contributed by atoms with Gasteiger partial charge >= 0.3 is 0 Å². The molecule has 1 saturated heterocycles. The molecule has 7 heteroatoms. The number of rotatable bonds is 9. The summed E-state index contributed by atoms with van der Waals surface area (Å²) in [5.41, 5.74) is 11.6. The zero-order valence-electron chi connectivity index (χ0n) is 24.3. The van der Waals surface area contributed by atoms with Gasteiger partial charge in [-0.15, -0.1) is 0 Å². The van der Waals surface area contributed by atoms with Gasteiger partial charge < -0.3 is 24.8 Å². The molecule has 210 valence electrons. The van der Waals surface area contributed by atoms with E-state index in [1.165, 1.54) is 12.0 Å². The summed E-state index contributed by atoms with van der Waals surface area (Å²) in [7, 11) is 1.75. The molecule has 0 aromatic heterocycles. The number of hydrogen-bond donors (Lipinski definition) is 1. The Kier molecular flexibility index (Phi) is 6.38. The van der Waals surface area contributed by atoms with Crippen molar-refractivity contribution < 1.29 is 19.0 Å². The van der Waals surface area contributed by atoms with Crippen molar-refractivity contribution >= 4 is 11.5 Å². The Morgan fingerprint density at radius 3 is 2.23 bits per heavy atom. The lowest BCUT2D eigenvalue weighted by atomic mass is 9.84. The molecule has 0 amide bonds. The number of carbonyl (C=O) groups excluding carboxylic acids is 1. The number of Topliss-reactive ketones (excluding diaryl/α,β-unsaturated/α-hetero) is 1. The number of anilines is 1. The van der Waals surface area contributed by atoms with Gasteiger partial charge in [-0.25, -0.2) is 0 Å². The molecule has 1 spiro atoms. The first-order valence-electron chi connectivity index (χ1n) is 14.6. The minimum atomic E-state index is -0.369. The Morgan fingerprint density at radius 2 is 1.67 bits per heavy atom. The second-order valence-electron chi connectivity index (χ2n) is 12.8. The van der Waals surface area contributed by atoms with E-state index in [0.717, 1.165) is 77.4 Å². The third-order valence-corrected chi connectivity index (χ3v) is 9.18. The highest BCUT2D eigenvalue weighted by molar-refractivity contribution is 5.99. The monoisotopic (exact) mass is 533 g/mol. The van der Waals surface area contributed by atoms with Crippen LogP contribution in [0.25, 0.3) is 0 Å². The molecule has 2 N–H and O–H groups in total. The van der Waals surface area contributed by atoms with E-state index in [0.29, 0.717) is 13.2 Å². The van der Waals surface area contributed by atoms with Crippen LogP contribution in [-0.4, -0.2) is 50.6 Å². The summed E-state index contributed by atoms with van der Waals surface area (Å²) < 4.78 is 17.8. The number of nitrogens with two attached hydrogens (primary N) is 1. The molecule has 3 atom stereocenters. The summed E-state index contributed by atoms with van der Waals surface area (Å²) in [6.07, 6.45) is 2.93. The molecule has 6 rings (SSSR count). The molecule has 7 nitrogen and oxygen atoms in total. The molecule has 39 heavy (non-hydrogen) atoms. The van der Waals surface area contributed by atoms with Crippen LogP contribution >= 0.6 is 0 Å². The second kappa shape index (κ2) is 9.41. The Morgan fingerprint density at radius 1 is 1.03 bits per heavy atom. The predicted octanol–water partition coefficient (Wildman–Crippen LogP) is 5.39. The van der Waals surface area contributed by atoms with Crippen molar-refractivity contribution in [2.75, 3.05) is 44.9 Å². The second-order valence-corrected chi connectivity index (χ2v) is 12.8. The van der Waals surface area contributed by atoms with E-state index in [1.807, 2.05) is 19.9 Å². The molecule has 2 aromatic carbocycles. The van der Waals surface area contributed by atoms with Crippen molar-refractivity contribution in [1.29, 1.82) is 0 Å². The van der Waals surface area contributed by atoms with E-state index in [-0.39, 0.29) is 29.4 Å². The van der Waals surface area contributed by atoms with Crippen LogP contribution in [0.3, 0.4) is 0 Å². The van der Waals surface area contributed by atoms with E-state index < -0.39 is 0 Å². The van der Waals surface area contributed by atoms with Crippen LogP contribution < -0.4 is 24.8 Å². The highest BCUT2D eigenvalue weighted by atomic mass is 16.5. The predicted molar refractivity (Wildman–Crippen MR) is 153 cm³/mol. The Labute approximate surface area is 232 Å². The van der Waals surface area contributed by atoms with Crippen LogP contribution in [0.4, 0.5) is 5.69 Å². The molecule has 3 fully saturated rings. The van der Waals surface area contributed by atoms with Crippen LogP contribution in [0.5, 0.6) is 17.2 Å². The standard InChI is InChI=1S/C32H43N3O4/c1-7-38-27-14-22-23(15-28(27)39-8-2)32(9-10-32)35(30(22)33)18-26(36)19-12-24(31(3,4)5)29(37-6)25(13-19)34-16-20-11-21(20)17-34/h12-15,20-21,30H,7-11,16-18,33H2,1-6H3. The third kappa shape index (κ3) is 4.38. The van der Waals surface area contributed by atoms with Crippen LogP contribution in [0.15, 0.2) is 24.3 Å². The molecule has 0 bridgehead atoms. The fraction of sp³-hybridized carbons (Fsp3) is 0.594. The molecular weight excluding hydrogens is 490 g/mol. The molecule has 2 aromatic rings. The molecule has 2 aliphatic heterocycles. The van der Waals surface area contributed by atoms with Crippen molar-refractivity contribution in [3.05, 3.63) is 46.5 Å². The molecule has 4 aliphatic rings. The molecule has 0 radical (unpaired) electrons. The maximum Gasteiger partial charge on any atom is 0.177 e. The zero-order chi connectivity index (χ0) is 27.7. The maximum atomic E-state index is 14.1. The lowest BCUT2D eigenvalue weighted by Gasteiger charge is -2.31. The topological polar surface area (TPSA) is 77.3 Å². The lowest BCUT2D eigenvalue weighted by molar-refractivity contribution is 0.0823. The minimum absolute atomic E-state index is 0.0957. The van der Waals surface area contributed by atoms with Crippen LogP contribution in [0, 0.1) is 11.8 Å². The smallest absolute Gasteiger partial charge is 0.177 e. The average molecular weight is 534 g/mol. The van der Waals surface area contributed by atoms with E-state index in [1.54, 1.807) is 7.11 Å². The van der Waals surface area contributed by atoms with Crippen molar-refractivity contribution in [2.24, 2.45) is 17.6 Å². The first-order valence-corrected chi connectivity index (χ1v) is 14.6. The normalized spacial score (nSPS) is 24.5. The molecule has 2 heterocycles. The number of piperidine rings is 1. The Bertz CT molecular complexity index is 1290. The highest BCUT2D eigenvalue weighted by Gasteiger charge is 2.58. The van der Waals surface area contributed by atoms with E-state index in [2.05, 4.69) is 48.8 Å². The number of benzene rings is 2. The van der Waals surface area contributed by atoms with Gasteiger partial charge in [0.05, 0.1) is 38.7 Å². The van der Waals surface area contributed by atoms with Gasteiger partial charge in [-0.05, 0) is 85.8 Å². The number of ether oxygens (including phenoxy) is 3. The summed E-state index contributed by atoms with van der Waals surface area (Å²) in [5, 5.41) is 0. The summed E-state index contributed by atoms with van der Waals surface area (Å²) in [6, 6.07) is 8.25. The fourth-order valence-electron chi connectivity index (χ4n) is 6.90. The van der Waals surface area contributed by atoms with Gasteiger partial charge in [0.2, 0.25) is 0 Å². The zero-order valence-corrected chi connectivity index (χ0v) is 24.3.